The van der Waals surface area contributed by atoms with Crippen molar-refractivity contribution in [3.63, 3.8) is 0 Å². The Morgan fingerprint density at radius 1 is 1.10 bits per heavy atom. The number of aryl methyl sites for hydroxylation is 1. The van der Waals surface area contributed by atoms with E-state index in [4.69, 9.17) is 11.6 Å². The fourth-order valence-electron chi connectivity index (χ4n) is 2.11. The lowest BCUT2D eigenvalue weighted by atomic mass is 10.0. The molecule has 106 valence electrons. The van der Waals surface area contributed by atoms with Gasteiger partial charge in [-0.15, -0.1) is 0 Å². The molecule has 0 fully saturated rings. The Morgan fingerprint density at radius 2 is 1.80 bits per heavy atom. The van der Waals surface area contributed by atoms with E-state index in [-0.39, 0.29) is 5.82 Å². The number of hydrogen-bond donors (Lipinski definition) is 1. The number of benzene rings is 2. The Hall–Kier alpha value is -1.38. The minimum atomic E-state index is -0.174. The van der Waals surface area contributed by atoms with Gasteiger partial charge >= 0.3 is 0 Å². The second kappa shape index (κ2) is 6.87. The Balaban J connectivity index is 2.27. The van der Waals surface area contributed by atoms with Gasteiger partial charge in [-0.1, -0.05) is 30.7 Å². The highest BCUT2D eigenvalue weighted by molar-refractivity contribution is 6.31. The zero-order valence-electron chi connectivity index (χ0n) is 11.8. The van der Waals surface area contributed by atoms with Gasteiger partial charge in [0.15, 0.2) is 0 Å². The van der Waals surface area contributed by atoms with Gasteiger partial charge in [-0.3, -0.25) is 0 Å². The molecular formula is C17H19ClFN. The van der Waals surface area contributed by atoms with Gasteiger partial charge in [0.1, 0.15) is 5.82 Å². The topological polar surface area (TPSA) is 12.0 Å². The SMILES string of the molecule is CCCNCc1cc(-c2ccc(F)c(C)c2)ccc1Cl. The molecular weight excluding hydrogens is 273 g/mol. The third-order valence-corrected chi connectivity index (χ3v) is 3.65. The van der Waals surface area contributed by atoms with Crippen molar-refractivity contribution in [2.45, 2.75) is 26.8 Å². The monoisotopic (exact) mass is 291 g/mol. The average Bonchev–Trinajstić information content (AvgIpc) is 2.44. The van der Waals surface area contributed by atoms with Crippen LogP contribution in [0.5, 0.6) is 0 Å². The van der Waals surface area contributed by atoms with Crippen LogP contribution in [-0.2, 0) is 6.54 Å². The minimum absolute atomic E-state index is 0.174. The lowest BCUT2D eigenvalue weighted by Crippen LogP contribution is -2.14. The van der Waals surface area contributed by atoms with Gasteiger partial charge in [-0.2, -0.15) is 0 Å². The van der Waals surface area contributed by atoms with Crippen molar-refractivity contribution < 1.29 is 4.39 Å². The first-order chi connectivity index (χ1) is 9.61. The summed E-state index contributed by atoms with van der Waals surface area (Å²) >= 11 is 6.22. The second-order valence-electron chi connectivity index (χ2n) is 4.95. The summed E-state index contributed by atoms with van der Waals surface area (Å²) in [6.07, 6.45) is 1.09. The standard InChI is InChI=1S/C17H19ClFN/c1-3-8-20-11-15-10-14(4-6-16(15)18)13-5-7-17(19)12(2)9-13/h4-7,9-10,20H,3,8,11H2,1-2H3. The molecule has 2 aromatic rings. The molecule has 0 spiro atoms. The zero-order valence-corrected chi connectivity index (χ0v) is 12.6. The molecule has 2 rings (SSSR count). The summed E-state index contributed by atoms with van der Waals surface area (Å²) in [6.45, 7) is 5.63. The van der Waals surface area contributed by atoms with E-state index in [1.54, 1.807) is 13.0 Å². The van der Waals surface area contributed by atoms with Crippen molar-refractivity contribution >= 4 is 11.6 Å². The maximum atomic E-state index is 13.3. The van der Waals surface area contributed by atoms with Gasteiger partial charge in [0.25, 0.3) is 0 Å². The van der Waals surface area contributed by atoms with Crippen molar-refractivity contribution in [2.75, 3.05) is 6.54 Å². The van der Waals surface area contributed by atoms with Gasteiger partial charge in [0.05, 0.1) is 0 Å². The molecule has 1 N–H and O–H groups in total. The van der Waals surface area contributed by atoms with Crippen molar-refractivity contribution in [1.29, 1.82) is 0 Å². The molecule has 3 heteroatoms. The van der Waals surface area contributed by atoms with Crippen molar-refractivity contribution in [1.82, 2.24) is 5.32 Å². The van der Waals surface area contributed by atoms with E-state index in [1.807, 2.05) is 18.2 Å². The first-order valence-corrected chi connectivity index (χ1v) is 7.25. The zero-order chi connectivity index (χ0) is 14.5. The molecule has 0 aliphatic heterocycles. The highest BCUT2D eigenvalue weighted by Gasteiger charge is 2.05. The Labute approximate surface area is 124 Å². The molecule has 20 heavy (non-hydrogen) atoms. The normalized spacial score (nSPS) is 10.8. The summed E-state index contributed by atoms with van der Waals surface area (Å²) in [5.41, 5.74) is 3.80. The smallest absolute Gasteiger partial charge is 0.126 e. The van der Waals surface area contributed by atoms with E-state index < -0.39 is 0 Å². The van der Waals surface area contributed by atoms with Crippen molar-refractivity contribution in [3.05, 3.63) is 58.4 Å². The molecule has 0 amide bonds. The lowest BCUT2D eigenvalue weighted by Gasteiger charge is -2.10. The summed E-state index contributed by atoms with van der Waals surface area (Å²) in [5.74, 6) is -0.174. The highest BCUT2D eigenvalue weighted by atomic mass is 35.5. The molecule has 0 radical (unpaired) electrons. The van der Waals surface area contributed by atoms with E-state index in [2.05, 4.69) is 18.3 Å². The predicted molar refractivity (Wildman–Crippen MR) is 83.6 cm³/mol. The summed E-state index contributed by atoms with van der Waals surface area (Å²) < 4.78 is 13.3. The van der Waals surface area contributed by atoms with Crippen LogP contribution in [0.1, 0.15) is 24.5 Å². The van der Waals surface area contributed by atoms with E-state index in [1.165, 1.54) is 6.07 Å². The third-order valence-electron chi connectivity index (χ3n) is 3.28. The molecule has 0 aliphatic rings. The predicted octanol–water partition coefficient (Wildman–Crippen LogP) is 4.95. The van der Waals surface area contributed by atoms with Crippen LogP contribution in [0.2, 0.25) is 5.02 Å². The first-order valence-electron chi connectivity index (χ1n) is 6.87. The van der Waals surface area contributed by atoms with Gasteiger partial charge in [0, 0.05) is 11.6 Å². The van der Waals surface area contributed by atoms with Crippen LogP contribution in [0.4, 0.5) is 4.39 Å². The minimum Gasteiger partial charge on any atom is -0.313 e. The number of hydrogen-bond acceptors (Lipinski definition) is 1. The highest BCUT2D eigenvalue weighted by Crippen LogP contribution is 2.26. The molecule has 0 aliphatic carbocycles. The third kappa shape index (κ3) is 3.59. The van der Waals surface area contributed by atoms with Crippen LogP contribution in [-0.4, -0.2) is 6.54 Å². The van der Waals surface area contributed by atoms with Crippen LogP contribution < -0.4 is 5.32 Å². The lowest BCUT2D eigenvalue weighted by molar-refractivity contribution is 0.619. The Morgan fingerprint density at radius 3 is 2.50 bits per heavy atom. The van der Waals surface area contributed by atoms with Crippen LogP contribution in [0.3, 0.4) is 0 Å². The maximum Gasteiger partial charge on any atom is 0.126 e. The summed E-state index contributed by atoms with van der Waals surface area (Å²) in [6, 6.07) is 11.1. The van der Waals surface area contributed by atoms with Crippen LogP contribution >= 0.6 is 11.6 Å². The second-order valence-corrected chi connectivity index (χ2v) is 5.35. The average molecular weight is 292 g/mol. The summed E-state index contributed by atoms with van der Waals surface area (Å²) in [5, 5.41) is 4.11. The number of rotatable bonds is 5. The molecule has 0 aromatic heterocycles. The van der Waals surface area contributed by atoms with Crippen LogP contribution in [0, 0.1) is 12.7 Å². The van der Waals surface area contributed by atoms with Crippen LogP contribution in [0.25, 0.3) is 11.1 Å². The van der Waals surface area contributed by atoms with E-state index in [0.29, 0.717) is 5.56 Å². The fraction of sp³-hybridized carbons (Fsp3) is 0.294. The van der Waals surface area contributed by atoms with E-state index in [9.17, 15) is 4.39 Å². The molecule has 2 aromatic carbocycles. The number of nitrogens with one attached hydrogen (secondary N) is 1. The van der Waals surface area contributed by atoms with Crippen LogP contribution in [0.15, 0.2) is 36.4 Å². The van der Waals surface area contributed by atoms with Crippen molar-refractivity contribution in [3.8, 4) is 11.1 Å². The van der Waals surface area contributed by atoms with E-state index >= 15 is 0 Å². The van der Waals surface area contributed by atoms with Crippen molar-refractivity contribution in [2.24, 2.45) is 0 Å². The Bertz CT molecular complexity index is 596. The largest absolute Gasteiger partial charge is 0.313 e. The number of halogens is 2. The molecule has 0 bridgehead atoms. The fourth-order valence-corrected chi connectivity index (χ4v) is 2.30. The molecule has 0 saturated carbocycles. The first kappa shape index (κ1) is 15.0. The van der Waals surface area contributed by atoms with Gasteiger partial charge in [0.2, 0.25) is 0 Å². The molecule has 0 atom stereocenters. The molecule has 0 unspecified atom stereocenters. The molecule has 1 nitrogen and oxygen atoms in total. The Kier molecular flexibility index (Phi) is 5.16. The maximum absolute atomic E-state index is 13.3. The van der Waals surface area contributed by atoms with E-state index in [0.717, 1.165) is 41.2 Å². The summed E-state index contributed by atoms with van der Waals surface area (Å²) in [4.78, 5) is 0. The quantitative estimate of drug-likeness (QED) is 0.768. The molecule has 0 saturated heterocycles. The van der Waals surface area contributed by atoms with Gasteiger partial charge in [-0.05, 0) is 66.4 Å². The molecule has 0 heterocycles. The van der Waals surface area contributed by atoms with Gasteiger partial charge in [-0.25, -0.2) is 4.39 Å². The van der Waals surface area contributed by atoms with Gasteiger partial charge < -0.3 is 5.32 Å². The summed E-state index contributed by atoms with van der Waals surface area (Å²) in [7, 11) is 0.